The molecular formula is C23H30N4O5S. The van der Waals surface area contributed by atoms with Crippen LogP contribution in [0.4, 0.5) is 5.69 Å². The van der Waals surface area contributed by atoms with E-state index in [1.54, 1.807) is 34.3 Å². The Morgan fingerprint density at radius 3 is 2.76 bits per heavy atom. The maximum atomic E-state index is 12.8. The third-order valence-corrected chi connectivity index (χ3v) is 5.76. The predicted molar refractivity (Wildman–Crippen MR) is 125 cm³/mol. The first-order chi connectivity index (χ1) is 15.7. The third kappa shape index (κ3) is 7.00. The van der Waals surface area contributed by atoms with Gasteiger partial charge in [0.2, 0.25) is 5.91 Å². The highest BCUT2D eigenvalue weighted by atomic mass is 32.1. The minimum atomic E-state index is -0.471. The van der Waals surface area contributed by atoms with Gasteiger partial charge in [0, 0.05) is 23.6 Å². The fraction of sp³-hybridized carbons (Fsp3) is 0.478. The number of methoxy groups -OCH3 is 1. The molecule has 2 amide bonds. The second-order valence-electron chi connectivity index (χ2n) is 9.01. The highest BCUT2D eigenvalue weighted by molar-refractivity contribution is 7.07. The highest BCUT2D eigenvalue weighted by Crippen LogP contribution is 2.27. The summed E-state index contributed by atoms with van der Waals surface area (Å²) in [5.41, 5.74) is 0.652. The number of carbonyl (C=O) groups is 3. The Balaban J connectivity index is 1.70. The van der Waals surface area contributed by atoms with Crippen molar-refractivity contribution in [1.29, 1.82) is 0 Å². The van der Waals surface area contributed by atoms with Crippen LogP contribution in [0, 0.1) is 5.41 Å². The third-order valence-electron chi connectivity index (χ3n) is 4.96. The van der Waals surface area contributed by atoms with Crippen LogP contribution in [-0.2, 0) is 21.1 Å². The van der Waals surface area contributed by atoms with E-state index in [2.05, 4.69) is 15.6 Å². The normalized spacial score (nSPS) is 16.5. The van der Waals surface area contributed by atoms with Gasteiger partial charge in [0.05, 0.1) is 12.8 Å². The van der Waals surface area contributed by atoms with Gasteiger partial charge in [-0.15, -0.1) is 11.3 Å². The summed E-state index contributed by atoms with van der Waals surface area (Å²) >= 11 is 1.26. The fourth-order valence-electron chi connectivity index (χ4n) is 3.36. The summed E-state index contributed by atoms with van der Waals surface area (Å²) in [5.74, 6) is -0.542. The Morgan fingerprint density at radius 1 is 1.30 bits per heavy atom. The standard InChI is InChI=1S/C23H30N4O5S/c1-23(2,3)13-19(28)25-16-8-7-15(12-18(16)31-4)20(29)26-22-27(10-11-33-22)14-32-21(30)17-6-5-9-24-17/h7-8,10-12,17,24H,5-6,9,13-14H2,1-4H3,(H,25,28)/b26-22-. The van der Waals surface area contributed by atoms with Gasteiger partial charge in [-0.1, -0.05) is 20.8 Å². The zero-order valence-corrected chi connectivity index (χ0v) is 20.2. The average molecular weight is 475 g/mol. The van der Waals surface area contributed by atoms with Gasteiger partial charge < -0.3 is 20.1 Å². The molecule has 1 saturated heterocycles. The van der Waals surface area contributed by atoms with Gasteiger partial charge in [0.15, 0.2) is 11.5 Å². The first-order valence-corrected chi connectivity index (χ1v) is 11.6. The summed E-state index contributed by atoms with van der Waals surface area (Å²) in [5, 5.41) is 7.69. The molecule has 1 atom stereocenters. The maximum Gasteiger partial charge on any atom is 0.324 e. The summed E-state index contributed by atoms with van der Waals surface area (Å²) in [6.45, 7) is 6.74. The Bertz CT molecular complexity index is 1080. The number of aromatic nitrogens is 1. The van der Waals surface area contributed by atoms with E-state index in [1.165, 1.54) is 18.4 Å². The van der Waals surface area contributed by atoms with Crippen LogP contribution in [0.2, 0.25) is 0 Å². The number of hydrogen-bond donors (Lipinski definition) is 2. The lowest BCUT2D eigenvalue weighted by molar-refractivity contribution is -0.149. The van der Waals surface area contributed by atoms with E-state index in [0.29, 0.717) is 28.2 Å². The van der Waals surface area contributed by atoms with Gasteiger partial charge in [-0.05, 0) is 43.0 Å². The lowest BCUT2D eigenvalue weighted by atomic mass is 9.92. The molecule has 2 N–H and O–H groups in total. The van der Waals surface area contributed by atoms with Gasteiger partial charge >= 0.3 is 5.97 Å². The number of ether oxygens (including phenoxy) is 2. The lowest BCUT2D eigenvalue weighted by Gasteiger charge is -2.18. The Morgan fingerprint density at radius 2 is 2.09 bits per heavy atom. The molecule has 0 spiro atoms. The van der Waals surface area contributed by atoms with Crippen LogP contribution in [0.5, 0.6) is 5.75 Å². The van der Waals surface area contributed by atoms with E-state index in [4.69, 9.17) is 9.47 Å². The molecule has 0 saturated carbocycles. The van der Waals surface area contributed by atoms with E-state index in [0.717, 1.165) is 19.4 Å². The summed E-state index contributed by atoms with van der Waals surface area (Å²) in [6.07, 6.45) is 3.77. The SMILES string of the molecule is COc1cc(C(=O)/N=c2\sccn2COC(=O)C2CCCN2)ccc1NC(=O)CC(C)(C)C. The fourth-order valence-corrected chi connectivity index (χ4v) is 4.07. The molecule has 33 heavy (non-hydrogen) atoms. The predicted octanol–water partition coefficient (Wildman–Crippen LogP) is 2.93. The van der Waals surface area contributed by atoms with Crippen LogP contribution in [0.15, 0.2) is 34.8 Å². The Labute approximate surface area is 196 Å². The number of anilines is 1. The molecule has 1 fully saturated rings. The molecule has 2 heterocycles. The van der Waals surface area contributed by atoms with Crippen LogP contribution >= 0.6 is 11.3 Å². The molecule has 0 aliphatic carbocycles. The van der Waals surface area contributed by atoms with Crippen molar-refractivity contribution in [1.82, 2.24) is 9.88 Å². The number of hydrogen-bond acceptors (Lipinski definition) is 7. The monoisotopic (exact) mass is 474 g/mol. The van der Waals surface area contributed by atoms with Crippen LogP contribution < -0.4 is 20.2 Å². The number of rotatable bonds is 7. The molecule has 1 aliphatic heterocycles. The van der Waals surface area contributed by atoms with Crippen LogP contribution in [0.3, 0.4) is 0 Å². The smallest absolute Gasteiger partial charge is 0.324 e. The molecule has 1 aromatic heterocycles. The van der Waals surface area contributed by atoms with Crippen LogP contribution in [0.25, 0.3) is 0 Å². The minimum Gasteiger partial charge on any atom is -0.495 e. The number of esters is 1. The molecule has 1 aromatic carbocycles. The second kappa shape index (κ2) is 10.8. The molecule has 0 radical (unpaired) electrons. The molecule has 9 nitrogen and oxygen atoms in total. The number of amides is 2. The zero-order valence-electron chi connectivity index (χ0n) is 19.3. The highest BCUT2D eigenvalue weighted by Gasteiger charge is 2.23. The molecule has 1 aliphatic rings. The van der Waals surface area contributed by atoms with E-state index in [9.17, 15) is 14.4 Å². The van der Waals surface area contributed by atoms with Gasteiger partial charge in [0.1, 0.15) is 11.8 Å². The quantitative estimate of drug-likeness (QED) is 0.597. The van der Waals surface area contributed by atoms with E-state index < -0.39 is 5.91 Å². The van der Waals surface area contributed by atoms with Gasteiger partial charge in [-0.25, -0.2) is 0 Å². The molecule has 178 valence electrons. The summed E-state index contributed by atoms with van der Waals surface area (Å²) < 4.78 is 12.3. The molecule has 0 bridgehead atoms. The van der Waals surface area contributed by atoms with E-state index >= 15 is 0 Å². The summed E-state index contributed by atoms with van der Waals surface area (Å²) in [4.78, 5) is 41.7. The van der Waals surface area contributed by atoms with Crippen molar-refractivity contribution in [3.8, 4) is 5.75 Å². The largest absolute Gasteiger partial charge is 0.495 e. The van der Waals surface area contributed by atoms with Crippen molar-refractivity contribution < 1.29 is 23.9 Å². The zero-order chi connectivity index (χ0) is 24.0. The minimum absolute atomic E-state index is 0.0192. The van der Waals surface area contributed by atoms with E-state index in [-0.39, 0.29) is 30.1 Å². The van der Waals surface area contributed by atoms with Crippen molar-refractivity contribution in [2.24, 2.45) is 10.4 Å². The van der Waals surface area contributed by atoms with Crippen molar-refractivity contribution >= 4 is 34.8 Å². The molecular weight excluding hydrogens is 444 g/mol. The van der Waals surface area contributed by atoms with Crippen molar-refractivity contribution in [2.45, 2.75) is 52.8 Å². The maximum absolute atomic E-state index is 12.8. The van der Waals surface area contributed by atoms with Crippen LogP contribution in [0.1, 0.15) is 50.4 Å². The Kier molecular flexibility index (Phi) is 8.04. The topological polar surface area (TPSA) is 111 Å². The van der Waals surface area contributed by atoms with Gasteiger partial charge in [0.25, 0.3) is 5.91 Å². The van der Waals surface area contributed by atoms with Crippen LogP contribution in [-0.4, -0.2) is 42.0 Å². The average Bonchev–Trinajstić information content (AvgIpc) is 3.43. The molecule has 3 rings (SSSR count). The summed E-state index contributed by atoms with van der Waals surface area (Å²) in [6, 6.07) is 4.48. The number of nitrogens with one attached hydrogen (secondary N) is 2. The first kappa shape index (κ1) is 24.7. The van der Waals surface area contributed by atoms with Crippen molar-refractivity contribution in [3.05, 3.63) is 40.1 Å². The van der Waals surface area contributed by atoms with Gasteiger partial charge in [-0.2, -0.15) is 4.99 Å². The number of nitrogens with zero attached hydrogens (tertiary/aromatic N) is 2. The number of benzene rings is 1. The van der Waals surface area contributed by atoms with Gasteiger partial charge in [-0.3, -0.25) is 19.0 Å². The van der Waals surface area contributed by atoms with Crippen molar-refractivity contribution in [3.63, 3.8) is 0 Å². The molecule has 10 heteroatoms. The van der Waals surface area contributed by atoms with Crippen molar-refractivity contribution in [2.75, 3.05) is 19.0 Å². The van der Waals surface area contributed by atoms with E-state index in [1.807, 2.05) is 20.8 Å². The number of thiazole rings is 1. The summed E-state index contributed by atoms with van der Waals surface area (Å²) in [7, 11) is 1.47. The molecule has 2 aromatic rings. The number of carbonyl (C=O) groups excluding carboxylic acids is 3. The first-order valence-electron chi connectivity index (χ1n) is 10.8. The lowest BCUT2D eigenvalue weighted by Crippen LogP contribution is -2.33. The Hall–Kier alpha value is -2.98. The molecule has 1 unspecified atom stereocenters. The second-order valence-corrected chi connectivity index (χ2v) is 9.89.